The van der Waals surface area contributed by atoms with E-state index in [4.69, 9.17) is 10.2 Å². The minimum Gasteiger partial charge on any atom is -0.481 e. The molecule has 0 aliphatic heterocycles. The molecule has 0 saturated heterocycles. The molecule has 0 aliphatic carbocycles. The summed E-state index contributed by atoms with van der Waals surface area (Å²) < 4.78 is 0. The van der Waals surface area contributed by atoms with Crippen LogP contribution in [0.2, 0.25) is 0 Å². The van der Waals surface area contributed by atoms with Crippen LogP contribution < -0.4 is 5.32 Å². The lowest BCUT2D eigenvalue weighted by Gasteiger charge is -2.15. The monoisotopic (exact) mass is 217 g/mol. The molecule has 0 heterocycles. The lowest BCUT2D eigenvalue weighted by molar-refractivity contribution is -0.137. The number of carbonyl (C=O) groups is 1. The molecule has 15 heavy (non-hydrogen) atoms. The van der Waals surface area contributed by atoms with Gasteiger partial charge in [0.2, 0.25) is 0 Å². The zero-order valence-corrected chi connectivity index (χ0v) is 9.54. The highest BCUT2D eigenvalue weighted by Crippen LogP contribution is 2.01. The zero-order valence-electron chi connectivity index (χ0n) is 9.54. The van der Waals surface area contributed by atoms with Gasteiger partial charge in [0.25, 0.3) is 0 Å². The summed E-state index contributed by atoms with van der Waals surface area (Å²) in [5.41, 5.74) is 0. The van der Waals surface area contributed by atoms with Gasteiger partial charge >= 0.3 is 5.97 Å². The summed E-state index contributed by atoms with van der Waals surface area (Å²) in [6.07, 6.45) is 4.81. The number of aliphatic hydroxyl groups excluding tert-OH is 1. The molecule has 0 rings (SSSR count). The van der Waals surface area contributed by atoms with Gasteiger partial charge in [-0.05, 0) is 32.2 Å². The Balaban J connectivity index is 3.24. The van der Waals surface area contributed by atoms with Gasteiger partial charge in [-0.2, -0.15) is 0 Å². The van der Waals surface area contributed by atoms with Gasteiger partial charge in [0.15, 0.2) is 0 Å². The number of unbranched alkanes of at least 4 members (excludes halogenated alkanes) is 2. The van der Waals surface area contributed by atoms with Crippen molar-refractivity contribution < 1.29 is 15.0 Å². The van der Waals surface area contributed by atoms with Gasteiger partial charge in [-0.1, -0.05) is 13.3 Å². The van der Waals surface area contributed by atoms with Crippen molar-refractivity contribution in [3.8, 4) is 0 Å². The van der Waals surface area contributed by atoms with E-state index < -0.39 is 5.97 Å². The Bertz CT molecular complexity index is 162. The highest BCUT2D eigenvalue weighted by Gasteiger charge is 2.03. The summed E-state index contributed by atoms with van der Waals surface area (Å²) in [6.45, 7) is 3.24. The van der Waals surface area contributed by atoms with E-state index in [-0.39, 0.29) is 13.0 Å². The number of carboxylic acid groups (broad SMARTS) is 1. The maximum absolute atomic E-state index is 10.2. The molecule has 0 aromatic carbocycles. The number of carboxylic acids is 1. The molecule has 0 spiro atoms. The average Bonchev–Trinajstić information content (AvgIpc) is 2.21. The predicted octanol–water partition coefficient (Wildman–Crippen LogP) is 1.38. The van der Waals surface area contributed by atoms with E-state index in [0.717, 1.165) is 38.6 Å². The molecule has 0 aromatic rings. The van der Waals surface area contributed by atoms with Crippen molar-refractivity contribution in [2.24, 2.45) is 0 Å². The van der Waals surface area contributed by atoms with Crippen LogP contribution in [0.1, 0.15) is 45.4 Å². The number of hydrogen-bond donors (Lipinski definition) is 3. The molecule has 0 bridgehead atoms. The molecule has 3 N–H and O–H groups in total. The summed E-state index contributed by atoms with van der Waals surface area (Å²) in [6, 6.07) is 0.398. The normalized spacial score (nSPS) is 12.7. The lowest BCUT2D eigenvalue weighted by Crippen LogP contribution is -2.30. The predicted molar refractivity (Wildman–Crippen MR) is 59.9 cm³/mol. The Morgan fingerprint density at radius 3 is 2.60 bits per heavy atom. The van der Waals surface area contributed by atoms with Crippen LogP contribution >= 0.6 is 0 Å². The largest absolute Gasteiger partial charge is 0.481 e. The van der Waals surface area contributed by atoms with E-state index in [1.807, 2.05) is 0 Å². The van der Waals surface area contributed by atoms with Gasteiger partial charge in [0.1, 0.15) is 0 Å². The van der Waals surface area contributed by atoms with Gasteiger partial charge in [0.05, 0.1) is 0 Å². The van der Waals surface area contributed by atoms with Crippen LogP contribution in [0.4, 0.5) is 0 Å². The van der Waals surface area contributed by atoms with Crippen LogP contribution in [0.5, 0.6) is 0 Å². The van der Waals surface area contributed by atoms with E-state index in [9.17, 15) is 4.79 Å². The van der Waals surface area contributed by atoms with Crippen LogP contribution in [0, 0.1) is 0 Å². The average molecular weight is 217 g/mol. The molecule has 0 fully saturated rings. The first kappa shape index (κ1) is 14.4. The Labute approximate surface area is 91.7 Å². The minimum absolute atomic E-state index is 0.227. The van der Waals surface area contributed by atoms with Crippen molar-refractivity contribution in [3.63, 3.8) is 0 Å². The highest BCUT2D eigenvalue weighted by molar-refractivity contribution is 5.66. The molecule has 0 radical (unpaired) electrons. The molecule has 1 unspecified atom stereocenters. The molecule has 0 aliphatic rings. The van der Waals surface area contributed by atoms with Crippen LogP contribution in [0.3, 0.4) is 0 Å². The molecule has 0 amide bonds. The third-order valence-corrected chi connectivity index (χ3v) is 2.47. The zero-order chi connectivity index (χ0) is 11.5. The summed E-state index contributed by atoms with van der Waals surface area (Å²) in [5, 5.41) is 20.5. The first-order chi connectivity index (χ1) is 7.20. The fourth-order valence-electron chi connectivity index (χ4n) is 1.49. The Hall–Kier alpha value is -0.610. The first-order valence-electron chi connectivity index (χ1n) is 5.76. The molecular weight excluding hydrogens is 194 g/mol. The van der Waals surface area contributed by atoms with E-state index in [2.05, 4.69) is 12.2 Å². The van der Waals surface area contributed by atoms with Gasteiger partial charge in [-0.15, -0.1) is 0 Å². The Morgan fingerprint density at radius 2 is 2.07 bits per heavy atom. The summed E-state index contributed by atoms with van der Waals surface area (Å²) in [4.78, 5) is 10.2. The highest BCUT2D eigenvalue weighted by atomic mass is 16.4. The van der Waals surface area contributed by atoms with Crippen molar-refractivity contribution in [2.75, 3.05) is 13.2 Å². The molecule has 0 saturated carbocycles. The van der Waals surface area contributed by atoms with Gasteiger partial charge < -0.3 is 15.5 Å². The van der Waals surface area contributed by atoms with Crippen LogP contribution in [0.25, 0.3) is 0 Å². The topological polar surface area (TPSA) is 69.6 Å². The number of aliphatic hydroxyl groups is 1. The van der Waals surface area contributed by atoms with Crippen molar-refractivity contribution in [1.29, 1.82) is 0 Å². The van der Waals surface area contributed by atoms with Crippen molar-refractivity contribution in [1.82, 2.24) is 5.32 Å². The number of hydrogen-bond acceptors (Lipinski definition) is 3. The SMILES string of the molecule is CCC(CCO)NCCCCCC(=O)O. The maximum atomic E-state index is 10.2. The van der Waals surface area contributed by atoms with Gasteiger partial charge in [-0.3, -0.25) is 4.79 Å². The van der Waals surface area contributed by atoms with Gasteiger partial charge in [0, 0.05) is 19.1 Å². The third-order valence-electron chi connectivity index (χ3n) is 2.47. The van der Waals surface area contributed by atoms with Gasteiger partial charge in [-0.25, -0.2) is 0 Å². The quantitative estimate of drug-likeness (QED) is 0.484. The van der Waals surface area contributed by atoms with E-state index in [0.29, 0.717) is 6.04 Å². The van der Waals surface area contributed by atoms with Crippen molar-refractivity contribution in [3.05, 3.63) is 0 Å². The minimum atomic E-state index is -0.713. The summed E-state index contributed by atoms with van der Waals surface area (Å²) in [5.74, 6) is -0.713. The Kier molecular flexibility index (Phi) is 9.52. The molecule has 1 atom stereocenters. The molecule has 90 valence electrons. The first-order valence-corrected chi connectivity index (χ1v) is 5.76. The van der Waals surface area contributed by atoms with Crippen LogP contribution in [-0.2, 0) is 4.79 Å². The second-order valence-corrected chi connectivity index (χ2v) is 3.78. The second-order valence-electron chi connectivity index (χ2n) is 3.78. The smallest absolute Gasteiger partial charge is 0.303 e. The number of nitrogens with one attached hydrogen (secondary N) is 1. The molecular formula is C11H23NO3. The van der Waals surface area contributed by atoms with Crippen molar-refractivity contribution in [2.45, 2.75) is 51.5 Å². The fourth-order valence-corrected chi connectivity index (χ4v) is 1.49. The van der Waals surface area contributed by atoms with Crippen LogP contribution in [-0.4, -0.2) is 35.4 Å². The maximum Gasteiger partial charge on any atom is 0.303 e. The second kappa shape index (κ2) is 9.93. The lowest BCUT2D eigenvalue weighted by atomic mass is 10.1. The van der Waals surface area contributed by atoms with Crippen LogP contribution in [0.15, 0.2) is 0 Å². The van der Waals surface area contributed by atoms with E-state index in [1.54, 1.807) is 0 Å². The standard InChI is InChI=1S/C11H23NO3/c1-2-10(7-9-13)12-8-5-3-4-6-11(14)15/h10,12-13H,2-9H2,1H3,(H,14,15). The summed E-state index contributed by atoms with van der Waals surface area (Å²) >= 11 is 0. The van der Waals surface area contributed by atoms with E-state index >= 15 is 0 Å². The summed E-state index contributed by atoms with van der Waals surface area (Å²) in [7, 11) is 0. The molecule has 4 heteroatoms. The molecule has 4 nitrogen and oxygen atoms in total. The molecule has 0 aromatic heterocycles. The fraction of sp³-hybridized carbons (Fsp3) is 0.909. The Morgan fingerprint density at radius 1 is 1.33 bits per heavy atom. The third kappa shape index (κ3) is 9.69. The number of rotatable bonds is 10. The van der Waals surface area contributed by atoms with E-state index in [1.165, 1.54) is 0 Å². The number of aliphatic carboxylic acids is 1. The van der Waals surface area contributed by atoms with Crippen molar-refractivity contribution >= 4 is 5.97 Å².